The van der Waals surface area contributed by atoms with E-state index in [1.807, 2.05) is 0 Å². The molecule has 0 saturated heterocycles. The molecule has 0 bridgehead atoms. The maximum atomic E-state index is 5.37. The van der Waals surface area contributed by atoms with Crippen LogP contribution in [0, 0.1) is 5.92 Å². The number of ether oxygens (including phenoxy) is 2. The topological polar surface area (TPSA) is 33.7 Å². The van der Waals surface area contributed by atoms with Gasteiger partial charge in [0, 0.05) is 38.9 Å². The molecule has 0 amide bonds. The first kappa shape index (κ1) is 17.9. The zero-order valence-electron chi connectivity index (χ0n) is 14.0. The van der Waals surface area contributed by atoms with Gasteiger partial charge in [-0.1, -0.05) is 13.8 Å². The van der Waals surface area contributed by atoms with Gasteiger partial charge in [-0.15, -0.1) is 0 Å². The molecule has 4 nitrogen and oxygen atoms in total. The van der Waals surface area contributed by atoms with Gasteiger partial charge in [0.25, 0.3) is 0 Å². The minimum Gasteiger partial charge on any atom is -0.383 e. The van der Waals surface area contributed by atoms with Crippen molar-refractivity contribution in [1.29, 1.82) is 0 Å². The van der Waals surface area contributed by atoms with E-state index >= 15 is 0 Å². The van der Waals surface area contributed by atoms with Gasteiger partial charge < -0.3 is 14.8 Å². The van der Waals surface area contributed by atoms with Gasteiger partial charge in [0.1, 0.15) is 0 Å². The average molecular weight is 286 g/mol. The standard InChI is InChI=1S/C16H34N2O2/c1-6-17-15-8-7-13(2)11-16(15)18(9-10-19-4)14(3)12-20-5/h13-17H,6-12H2,1-5H3. The molecule has 0 heterocycles. The van der Waals surface area contributed by atoms with Crippen LogP contribution in [-0.2, 0) is 9.47 Å². The Labute approximate surface area is 125 Å². The molecule has 20 heavy (non-hydrogen) atoms. The molecule has 1 fully saturated rings. The van der Waals surface area contributed by atoms with Crippen LogP contribution in [0.5, 0.6) is 0 Å². The van der Waals surface area contributed by atoms with E-state index in [4.69, 9.17) is 9.47 Å². The lowest BCUT2D eigenvalue weighted by atomic mass is 9.82. The minimum absolute atomic E-state index is 0.437. The molecule has 0 radical (unpaired) electrons. The molecular formula is C16H34N2O2. The third-order valence-corrected chi connectivity index (χ3v) is 4.50. The molecule has 4 heteroatoms. The minimum atomic E-state index is 0.437. The van der Waals surface area contributed by atoms with Gasteiger partial charge in [-0.3, -0.25) is 4.90 Å². The quantitative estimate of drug-likeness (QED) is 0.704. The van der Waals surface area contributed by atoms with Crippen molar-refractivity contribution < 1.29 is 9.47 Å². The van der Waals surface area contributed by atoms with Crippen molar-refractivity contribution in [3.63, 3.8) is 0 Å². The van der Waals surface area contributed by atoms with Crippen LogP contribution in [0.15, 0.2) is 0 Å². The Kier molecular flexibility index (Phi) is 8.69. The Bertz CT molecular complexity index is 251. The van der Waals surface area contributed by atoms with Crippen LogP contribution in [0.2, 0.25) is 0 Å². The number of rotatable bonds is 9. The summed E-state index contributed by atoms with van der Waals surface area (Å²) in [5.41, 5.74) is 0. The third kappa shape index (κ3) is 5.32. The van der Waals surface area contributed by atoms with E-state index in [1.165, 1.54) is 19.3 Å². The molecule has 120 valence electrons. The van der Waals surface area contributed by atoms with Crippen LogP contribution in [0.3, 0.4) is 0 Å². The van der Waals surface area contributed by atoms with Gasteiger partial charge in [0.15, 0.2) is 0 Å². The van der Waals surface area contributed by atoms with Crippen molar-refractivity contribution in [2.75, 3.05) is 40.5 Å². The molecule has 0 spiro atoms. The Morgan fingerprint density at radius 1 is 1.25 bits per heavy atom. The molecule has 0 aromatic rings. The molecule has 1 aliphatic rings. The van der Waals surface area contributed by atoms with E-state index in [2.05, 4.69) is 31.0 Å². The molecule has 1 N–H and O–H groups in total. The lowest BCUT2D eigenvalue weighted by Gasteiger charge is -2.45. The van der Waals surface area contributed by atoms with Crippen LogP contribution >= 0.6 is 0 Å². The predicted molar refractivity (Wildman–Crippen MR) is 84.2 cm³/mol. The second-order valence-corrected chi connectivity index (χ2v) is 6.18. The Morgan fingerprint density at radius 2 is 2.00 bits per heavy atom. The highest BCUT2D eigenvalue weighted by atomic mass is 16.5. The van der Waals surface area contributed by atoms with E-state index in [1.54, 1.807) is 14.2 Å². The summed E-state index contributed by atoms with van der Waals surface area (Å²) in [7, 11) is 3.57. The number of nitrogens with zero attached hydrogens (tertiary/aromatic N) is 1. The van der Waals surface area contributed by atoms with Gasteiger partial charge in [-0.25, -0.2) is 0 Å². The zero-order valence-corrected chi connectivity index (χ0v) is 14.0. The normalized spacial score (nSPS) is 28.8. The summed E-state index contributed by atoms with van der Waals surface area (Å²) in [5, 5.41) is 3.69. The Morgan fingerprint density at radius 3 is 2.60 bits per heavy atom. The van der Waals surface area contributed by atoms with E-state index in [-0.39, 0.29) is 0 Å². The second-order valence-electron chi connectivity index (χ2n) is 6.18. The number of likely N-dealkylation sites (N-methyl/N-ethyl adjacent to an activating group) is 1. The number of nitrogens with one attached hydrogen (secondary N) is 1. The first-order valence-corrected chi connectivity index (χ1v) is 8.11. The first-order chi connectivity index (χ1) is 9.63. The fraction of sp³-hybridized carbons (Fsp3) is 1.00. The van der Waals surface area contributed by atoms with Crippen LogP contribution in [0.4, 0.5) is 0 Å². The van der Waals surface area contributed by atoms with Crippen LogP contribution < -0.4 is 5.32 Å². The summed E-state index contributed by atoms with van der Waals surface area (Å²) < 4.78 is 10.7. The predicted octanol–water partition coefficient (Wildman–Crippen LogP) is 2.14. The third-order valence-electron chi connectivity index (χ3n) is 4.50. The first-order valence-electron chi connectivity index (χ1n) is 8.11. The average Bonchev–Trinajstić information content (AvgIpc) is 2.42. The van der Waals surface area contributed by atoms with Crippen molar-refractivity contribution in [3.8, 4) is 0 Å². The van der Waals surface area contributed by atoms with Gasteiger partial charge in [0.2, 0.25) is 0 Å². The molecule has 1 rings (SSSR count). The summed E-state index contributed by atoms with van der Waals surface area (Å²) in [6.07, 6.45) is 3.89. The van der Waals surface area contributed by atoms with Crippen molar-refractivity contribution in [2.45, 2.75) is 58.2 Å². The lowest BCUT2D eigenvalue weighted by molar-refractivity contribution is 0.0152. The van der Waals surface area contributed by atoms with E-state index in [0.29, 0.717) is 18.1 Å². The molecule has 0 aromatic carbocycles. The molecule has 4 unspecified atom stereocenters. The zero-order chi connectivity index (χ0) is 15.0. The van der Waals surface area contributed by atoms with E-state index < -0.39 is 0 Å². The molecule has 0 aromatic heterocycles. The molecular weight excluding hydrogens is 252 g/mol. The Balaban J connectivity index is 2.76. The summed E-state index contributed by atoms with van der Waals surface area (Å²) in [6, 6.07) is 1.64. The lowest BCUT2D eigenvalue weighted by Crippen LogP contribution is -2.57. The van der Waals surface area contributed by atoms with Crippen LogP contribution in [-0.4, -0.2) is 63.5 Å². The highest BCUT2D eigenvalue weighted by Gasteiger charge is 2.34. The summed E-state index contributed by atoms with van der Waals surface area (Å²) in [4.78, 5) is 2.59. The van der Waals surface area contributed by atoms with Gasteiger partial charge in [0.05, 0.1) is 13.2 Å². The summed E-state index contributed by atoms with van der Waals surface area (Å²) in [6.45, 7) is 10.5. The van der Waals surface area contributed by atoms with Crippen molar-refractivity contribution in [3.05, 3.63) is 0 Å². The fourth-order valence-corrected chi connectivity index (χ4v) is 3.46. The fourth-order valence-electron chi connectivity index (χ4n) is 3.46. The second kappa shape index (κ2) is 9.72. The van der Waals surface area contributed by atoms with Gasteiger partial charge in [-0.2, -0.15) is 0 Å². The number of hydrogen-bond donors (Lipinski definition) is 1. The molecule has 1 saturated carbocycles. The number of hydrogen-bond acceptors (Lipinski definition) is 4. The summed E-state index contributed by atoms with van der Waals surface area (Å²) >= 11 is 0. The van der Waals surface area contributed by atoms with Crippen LogP contribution in [0.1, 0.15) is 40.0 Å². The highest BCUT2D eigenvalue weighted by Crippen LogP contribution is 2.29. The molecule has 1 aliphatic carbocycles. The molecule has 4 atom stereocenters. The summed E-state index contributed by atoms with van der Waals surface area (Å²) in [5.74, 6) is 0.815. The largest absolute Gasteiger partial charge is 0.383 e. The van der Waals surface area contributed by atoms with Gasteiger partial charge in [-0.05, 0) is 38.6 Å². The van der Waals surface area contributed by atoms with Crippen molar-refractivity contribution in [1.82, 2.24) is 10.2 Å². The van der Waals surface area contributed by atoms with Gasteiger partial charge >= 0.3 is 0 Å². The maximum absolute atomic E-state index is 5.37. The van der Waals surface area contributed by atoms with E-state index in [0.717, 1.165) is 32.2 Å². The maximum Gasteiger partial charge on any atom is 0.0615 e. The Hall–Kier alpha value is -0.160. The number of methoxy groups -OCH3 is 2. The smallest absolute Gasteiger partial charge is 0.0615 e. The van der Waals surface area contributed by atoms with Crippen molar-refractivity contribution >= 4 is 0 Å². The highest BCUT2D eigenvalue weighted by molar-refractivity contribution is 4.92. The van der Waals surface area contributed by atoms with Crippen molar-refractivity contribution in [2.24, 2.45) is 5.92 Å². The van der Waals surface area contributed by atoms with E-state index in [9.17, 15) is 0 Å². The monoisotopic (exact) mass is 286 g/mol. The molecule has 0 aliphatic heterocycles. The van der Waals surface area contributed by atoms with Crippen LogP contribution in [0.25, 0.3) is 0 Å². The SMILES string of the molecule is CCNC1CCC(C)CC1N(CCOC)C(C)COC.